The van der Waals surface area contributed by atoms with Gasteiger partial charge < -0.3 is 14.5 Å². The molecule has 2 heterocycles. The molecule has 0 saturated carbocycles. The summed E-state index contributed by atoms with van der Waals surface area (Å²) in [6, 6.07) is 13.2. The number of imidazole rings is 1. The fraction of sp³-hybridized carbons (Fsp3) is 0.158. The van der Waals surface area contributed by atoms with Gasteiger partial charge >= 0.3 is 0 Å². The monoisotopic (exact) mass is 321 g/mol. The fourth-order valence-corrected chi connectivity index (χ4v) is 2.32. The van der Waals surface area contributed by atoms with Gasteiger partial charge in [-0.05, 0) is 36.8 Å². The van der Waals surface area contributed by atoms with Crippen molar-refractivity contribution in [1.82, 2.24) is 9.38 Å². The van der Waals surface area contributed by atoms with Gasteiger partial charge in [0.2, 0.25) is 5.91 Å². The van der Waals surface area contributed by atoms with Gasteiger partial charge in [0, 0.05) is 12.3 Å². The van der Waals surface area contributed by atoms with Gasteiger partial charge in [0.25, 0.3) is 0 Å². The maximum Gasteiger partial charge on any atom is 0.248 e. The van der Waals surface area contributed by atoms with Gasteiger partial charge in [0.05, 0.1) is 24.2 Å². The highest BCUT2D eigenvalue weighted by molar-refractivity contribution is 6.02. The molecular weight excluding hydrogens is 302 g/mol. The normalized spacial score (nSPS) is 11.0. The number of fused-ring (bicyclic) bond motifs is 1. The van der Waals surface area contributed by atoms with Crippen molar-refractivity contribution in [1.29, 1.82) is 0 Å². The van der Waals surface area contributed by atoms with Crippen LogP contribution in [0.2, 0.25) is 0 Å². The standard InChI is InChI=1S/C19H19N3O2/c1-2-13-24-17-8-4-3-7-16(17)21-19(23)11-10-15-14-20-18-9-5-6-12-22(15)18/h3-12,14H,2,13H2,1H3,(H,21,23)/b11-10+. The lowest BCUT2D eigenvalue weighted by molar-refractivity contribution is -0.111. The number of nitrogens with one attached hydrogen (secondary N) is 1. The first-order valence-electron chi connectivity index (χ1n) is 7.91. The minimum atomic E-state index is -0.214. The molecule has 24 heavy (non-hydrogen) atoms. The van der Waals surface area contributed by atoms with Crippen LogP contribution in [0.4, 0.5) is 5.69 Å². The second-order valence-corrected chi connectivity index (χ2v) is 5.28. The van der Waals surface area contributed by atoms with Crippen LogP contribution in [0.15, 0.2) is 60.9 Å². The van der Waals surface area contributed by atoms with Crippen molar-refractivity contribution < 1.29 is 9.53 Å². The lowest BCUT2D eigenvalue weighted by Gasteiger charge is -2.10. The van der Waals surface area contributed by atoms with Crippen LogP contribution < -0.4 is 10.1 Å². The van der Waals surface area contributed by atoms with E-state index in [1.54, 1.807) is 12.3 Å². The predicted octanol–water partition coefficient (Wildman–Crippen LogP) is 3.78. The number of rotatable bonds is 6. The average Bonchev–Trinajstić information content (AvgIpc) is 3.02. The Morgan fingerprint density at radius 2 is 2.08 bits per heavy atom. The first kappa shape index (κ1) is 15.8. The average molecular weight is 321 g/mol. The Hall–Kier alpha value is -3.08. The Kier molecular flexibility index (Phi) is 4.91. The minimum absolute atomic E-state index is 0.214. The van der Waals surface area contributed by atoms with E-state index in [-0.39, 0.29) is 5.91 Å². The molecule has 3 aromatic rings. The van der Waals surface area contributed by atoms with Gasteiger partial charge in [-0.15, -0.1) is 0 Å². The van der Waals surface area contributed by atoms with Crippen molar-refractivity contribution in [2.45, 2.75) is 13.3 Å². The number of pyridine rings is 1. The number of nitrogens with zero attached hydrogens (tertiary/aromatic N) is 2. The van der Waals surface area contributed by atoms with Crippen molar-refractivity contribution in [2.75, 3.05) is 11.9 Å². The molecule has 0 aliphatic carbocycles. The van der Waals surface area contributed by atoms with Crippen molar-refractivity contribution >= 4 is 23.3 Å². The topological polar surface area (TPSA) is 55.6 Å². The Balaban J connectivity index is 1.72. The molecular formula is C19H19N3O2. The summed E-state index contributed by atoms with van der Waals surface area (Å²) in [6.45, 7) is 2.66. The van der Waals surface area contributed by atoms with Gasteiger partial charge in [-0.3, -0.25) is 4.79 Å². The van der Waals surface area contributed by atoms with Crippen LogP contribution in [0.5, 0.6) is 5.75 Å². The summed E-state index contributed by atoms with van der Waals surface area (Å²) in [6.07, 6.45) is 7.79. The Bertz CT molecular complexity index is 868. The summed E-state index contributed by atoms with van der Waals surface area (Å²) in [5.41, 5.74) is 2.35. The van der Waals surface area contributed by atoms with Crippen molar-refractivity contribution in [3.63, 3.8) is 0 Å². The molecule has 5 heteroatoms. The second-order valence-electron chi connectivity index (χ2n) is 5.28. The van der Waals surface area contributed by atoms with E-state index >= 15 is 0 Å². The number of carbonyl (C=O) groups is 1. The summed E-state index contributed by atoms with van der Waals surface area (Å²) in [5, 5.41) is 2.85. The molecule has 0 fully saturated rings. The summed E-state index contributed by atoms with van der Waals surface area (Å²) in [5.74, 6) is 0.462. The number of anilines is 1. The molecule has 0 aliphatic heterocycles. The quantitative estimate of drug-likeness (QED) is 0.703. The highest BCUT2D eigenvalue weighted by atomic mass is 16.5. The van der Waals surface area contributed by atoms with Crippen LogP contribution in [-0.4, -0.2) is 21.9 Å². The van der Waals surface area contributed by atoms with Crippen molar-refractivity contribution in [3.8, 4) is 5.75 Å². The fourth-order valence-electron chi connectivity index (χ4n) is 2.32. The summed E-state index contributed by atoms with van der Waals surface area (Å²) in [7, 11) is 0. The molecule has 0 radical (unpaired) electrons. The van der Waals surface area contributed by atoms with Crippen molar-refractivity contribution in [2.24, 2.45) is 0 Å². The van der Waals surface area contributed by atoms with Crippen LogP contribution >= 0.6 is 0 Å². The molecule has 0 bridgehead atoms. The molecule has 1 amide bonds. The van der Waals surface area contributed by atoms with Crippen molar-refractivity contribution in [3.05, 3.63) is 66.6 Å². The zero-order valence-electron chi connectivity index (χ0n) is 13.5. The molecule has 122 valence electrons. The largest absolute Gasteiger partial charge is 0.491 e. The van der Waals surface area contributed by atoms with E-state index in [1.807, 2.05) is 60.0 Å². The van der Waals surface area contributed by atoms with Crippen LogP contribution in [0.25, 0.3) is 11.7 Å². The molecule has 0 spiro atoms. The Morgan fingerprint density at radius 3 is 2.96 bits per heavy atom. The third-order valence-electron chi connectivity index (χ3n) is 3.46. The molecule has 3 rings (SSSR count). The number of carbonyl (C=O) groups excluding carboxylic acids is 1. The molecule has 0 aliphatic rings. The third kappa shape index (κ3) is 3.63. The van der Waals surface area contributed by atoms with Gasteiger partial charge in [0.15, 0.2) is 0 Å². The zero-order valence-corrected chi connectivity index (χ0v) is 13.5. The second kappa shape index (κ2) is 7.46. The lowest BCUT2D eigenvalue weighted by atomic mass is 10.3. The number of aromatic nitrogens is 2. The van der Waals surface area contributed by atoms with E-state index in [1.165, 1.54) is 6.08 Å². The highest BCUT2D eigenvalue weighted by Crippen LogP contribution is 2.23. The van der Waals surface area contributed by atoms with Crippen LogP contribution in [0, 0.1) is 0 Å². The molecule has 1 N–H and O–H groups in total. The van der Waals surface area contributed by atoms with E-state index in [0.717, 1.165) is 17.8 Å². The van der Waals surface area contributed by atoms with E-state index in [0.29, 0.717) is 18.0 Å². The first-order valence-corrected chi connectivity index (χ1v) is 7.91. The Labute approximate surface area is 140 Å². The number of hydrogen-bond acceptors (Lipinski definition) is 3. The van der Waals surface area contributed by atoms with Gasteiger partial charge in [0.1, 0.15) is 11.4 Å². The highest BCUT2D eigenvalue weighted by Gasteiger charge is 2.05. The van der Waals surface area contributed by atoms with Gasteiger partial charge in [-0.1, -0.05) is 25.1 Å². The van der Waals surface area contributed by atoms with E-state index in [4.69, 9.17) is 4.74 Å². The van der Waals surface area contributed by atoms with E-state index < -0.39 is 0 Å². The molecule has 2 aromatic heterocycles. The summed E-state index contributed by atoms with van der Waals surface area (Å²) >= 11 is 0. The number of amides is 1. The van der Waals surface area contributed by atoms with Gasteiger partial charge in [-0.2, -0.15) is 0 Å². The molecule has 0 unspecified atom stereocenters. The lowest BCUT2D eigenvalue weighted by Crippen LogP contribution is -2.09. The van der Waals surface area contributed by atoms with Crippen LogP contribution in [0.1, 0.15) is 19.0 Å². The van der Waals surface area contributed by atoms with E-state index in [2.05, 4.69) is 10.3 Å². The summed E-state index contributed by atoms with van der Waals surface area (Å²) in [4.78, 5) is 16.5. The number of hydrogen-bond donors (Lipinski definition) is 1. The zero-order chi connectivity index (χ0) is 16.8. The number of para-hydroxylation sites is 2. The SMILES string of the molecule is CCCOc1ccccc1NC(=O)/C=C/c1cnc2ccccn12. The number of benzene rings is 1. The molecule has 5 nitrogen and oxygen atoms in total. The maximum absolute atomic E-state index is 12.2. The predicted molar refractivity (Wildman–Crippen MR) is 95.1 cm³/mol. The first-order chi connectivity index (χ1) is 11.8. The van der Waals surface area contributed by atoms with E-state index in [9.17, 15) is 4.79 Å². The minimum Gasteiger partial charge on any atom is -0.491 e. The Morgan fingerprint density at radius 1 is 1.25 bits per heavy atom. The van der Waals surface area contributed by atoms with Crippen LogP contribution in [0.3, 0.4) is 0 Å². The third-order valence-corrected chi connectivity index (χ3v) is 3.46. The smallest absolute Gasteiger partial charge is 0.248 e. The maximum atomic E-state index is 12.2. The molecule has 0 saturated heterocycles. The molecule has 1 aromatic carbocycles. The molecule has 0 atom stereocenters. The van der Waals surface area contributed by atoms with Crippen LogP contribution in [-0.2, 0) is 4.79 Å². The van der Waals surface area contributed by atoms with Gasteiger partial charge in [-0.25, -0.2) is 4.98 Å². The summed E-state index contributed by atoms with van der Waals surface area (Å²) < 4.78 is 7.56. The number of ether oxygens (including phenoxy) is 1.